The van der Waals surface area contributed by atoms with Crippen LogP contribution in [0.4, 0.5) is 0 Å². The van der Waals surface area contributed by atoms with E-state index in [0.29, 0.717) is 5.69 Å². The molecule has 0 aromatic carbocycles. The summed E-state index contributed by atoms with van der Waals surface area (Å²) in [7, 11) is 0. The summed E-state index contributed by atoms with van der Waals surface area (Å²) in [6.45, 7) is 1.94. The van der Waals surface area contributed by atoms with Gasteiger partial charge in [-0.2, -0.15) is 0 Å². The molecule has 0 aliphatic rings. The van der Waals surface area contributed by atoms with E-state index in [4.69, 9.17) is 5.73 Å². The van der Waals surface area contributed by atoms with Crippen LogP contribution in [-0.4, -0.2) is 15.3 Å². The lowest BCUT2D eigenvalue weighted by molar-refractivity contribution is 0.0996. The summed E-state index contributed by atoms with van der Waals surface area (Å²) in [5.74, 6) is -0.497. The zero-order valence-electron chi connectivity index (χ0n) is 7.19. The number of aromatic nitrogens is 2. The Balaban J connectivity index is 2.75. The maximum absolute atomic E-state index is 10.8. The van der Waals surface area contributed by atoms with E-state index in [9.17, 15) is 4.79 Å². The van der Waals surface area contributed by atoms with Crippen molar-refractivity contribution in [2.45, 2.75) is 6.92 Å². The molecule has 13 heavy (non-hydrogen) atoms. The highest BCUT2D eigenvalue weighted by molar-refractivity contribution is 5.91. The van der Waals surface area contributed by atoms with Gasteiger partial charge < -0.3 is 10.1 Å². The number of aryl methyl sites for hydroxylation is 1. The molecular weight excluding hydrogens is 166 g/mol. The third-order valence-electron chi connectivity index (χ3n) is 1.93. The first-order valence-corrected chi connectivity index (χ1v) is 3.92. The smallest absolute Gasteiger partial charge is 0.268 e. The van der Waals surface area contributed by atoms with Gasteiger partial charge in [0.15, 0.2) is 0 Å². The second-order valence-corrected chi connectivity index (χ2v) is 2.91. The first kappa shape index (κ1) is 7.79. The second-order valence-electron chi connectivity index (χ2n) is 2.91. The third-order valence-corrected chi connectivity index (χ3v) is 1.93. The molecule has 66 valence electrons. The predicted octanol–water partition coefficient (Wildman–Crippen LogP) is 0.742. The summed E-state index contributed by atoms with van der Waals surface area (Å²) < 4.78 is 1.79. The average Bonchev–Trinajstić information content (AvgIpc) is 2.49. The van der Waals surface area contributed by atoms with Crippen molar-refractivity contribution in [1.82, 2.24) is 9.38 Å². The van der Waals surface area contributed by atoms with Crippen LogP contribution in [0, 0.1) is 6.92 Å². The SMILES string of the molecule is Cc1cccn2cc(C(N)=O)nc12. The summed E-state index contributed by atoms with van der Waals surface area (Å²) in [6, 6.07) is 3.84. The molecule has 4 nitrogen and oxygen atoms in total. The number of carbonyl (C=O) groups is 1. The van der Waals surface area contributed by atoms with Crippen molar-refractivity contribution in [3.63, 3.8) is 0 Å². The highest BCUT2D eigenvalue weighted by Gasteiger charge is 2.06. The van der Waals surface area contributed by atoms with Gasteiger partial charge in [0.05, 0.1) is 0 Å². The van der Waals surface area contributed by atoms with E-state index in [0.717, 1.165) is 11.2 Å². The number of amides is 1. The fourth-order valence-corrected chi connectivity index (χ4v) is 1.27. The molecule has 2 heterocycles. The molecule has 0 fully saturated rings. The Morgan fingerprint density at radius 2 is 2.38 bits per heavy atom. The molecule has 4 heteroatoms. The number of hydrogen-bond donors (Lipinski definition) is 1. The average molecular weight is 175 g/mol. The number of carbonyl (C=O) groups excluding carboxylic acids is 1. The Bertz CT molecular complexity index is 473. The fraction of sp³-hybridized carbons (Fsp3) is 0.111. The van der Waals surface area contributed by atoms with Crippen LogP contribution in [0.15, 0.2) is 24.5 Å². The fourth-order valence-electron chi connectivity index (χ4n) is 1.27. The molecule has 0 radical (unpaired) electrons. The Morgan fingerprint density at radius 1 is 1.62 bits per heavy atom. The maximum atomic E-state index is 10.8. The van der Waals surface area contributed by atoms with Crippen LogP contribution in [0.1, 0.15) is 16.1 Å². The molecule has 1 amide bonds. The van der Waals surface area contributed by atoms with E-state index in [1.165, 1.54) is 0 Å². The van der Waals surface area contributed by atoms with Crippen molar-refractivity contribution in [3.8, 4) is 0 Å². The van der Waals surface area contributed by atoms with Gasteiger partial charge in [-0.1, -0.05) is 6.07 Å². The summed E-state index contributed by atoms with van der Waals surface area (Å²) in [5.41, 5.74) is 7.21. The zero-order chi connectivity index (χ0) is 9.42. The highest BCUT2D eigenvalue weighted by atomic mass is 16.1. The lowest BCUT2D eigenvalue weighted by Crippen LogP contribution is -2.10. The molecule has 2 aromatic rings. The van der Waals surface area contributed by atoms with Crippen LogP contribution in [0.25, 0.3) is 5.65 Å². The predicted molar refractivity (Wildman–Crippen MR) is 48.4 cm³/mol. The molecule has 0 atom stereocenters. The van der Waals surface area contributed by atoms with Gasteiger partial charge in [0, 0.05) is 12.4 Å². The van der Waals surface area contributed by atoms with Crippen LogP contribution >= 0.6 is 0 Å². The van der Waals surface area contributed by atoms with Crippen LogP contribution in [0.5, 0.6) is 0 Å². The van der Waals surface area contributed by atoms with E-state index in [2.05, 4.69) is 4.98 Å². The van der Waals surface area contributed by atoms with E-state index >= 15 is 0 Å². The maximum Gasteiger partial charge on any atom is 0.268 e. The normalized spacial score (nSPS) is 10.5. The first-order valence-electron chi connectivity index (χ1n) is 3.92. The molecule has 0 unspecified atom stereocenters. The quantitative estimate of drug-likeness (QED) is 0.694. The number of primary amides is 1. The summed E-state index contributed by atoms with van der Waals surface area (Å²) in [5, 5.41) is 0. The molecule has 2 N–H and O–H groups in total. The van der Waals surface area contributed by atoms with Crippen molar-refractivity contribution < 1.29 is 4.79 Å². The standard InChI is InChI=1S/C9H9N3O/c1-6-3-2-4-12-5-7(8(10)13)11-9(6)12/h2-5H,1H3,(H2,10,13). The van der Waals surface area contributed by atoms with Crippen molar-refractivity contribution >= 4 is 11.6 Å². The Labute approximate surface area is 75.0 Å². The van der Waals surface area contributed by atoms with E-state index in [1.807, 2.05) is 25.3 Å². The number of fused-ring (bicyclic) bond motifs is 1. The monoisotopic (exact) mass is 175 g/mol. The number of hydrogen-bond acceptors (Lipinski definition) is 2. The number of rotatable bonds is 1. The zero-order valence-corrected chi connectivity index (χ0v) is 7.19. The third kappa shape index (κ3) is 1.16. The van der Waals surface area contributed by atoms with Gasteiger partial charge in [-0.15, -0.1) is 0 Å². The van der Waals surface area contributed by atoms with E-state index in [-0.39, 0.29) is 0 Å². The van der Waals surface area contributed by atoms with Crippen molar-refractivity contribution in [2.24, 2.45) is 5.73 Å². The number of nitrogens with zero attached hydrogens (tertiary/aromatic N) is 2. The van der Waals surface area contributed by atoms with Crippen molar-refractivity contribution in [3.05, 3.63) is 35.8 Å². The van der Waals surface area contributed by atoms with Crippen LogP contribution in [0.2, 0.25) is 0 Å². The van der Waals surface area contributed by atoms with Gasteiger partial charge in [-0.25, -0.2) is 4.98 Å². The van der Waals surface area contributed by atoms with Crippen LogP contribution in [0.3, 0.4) is 0 Å². The van der Waals surface area contributed by atoms with Gasteiger partial charge in [-0.3, -0.25) is 4.79 Å². The second kappa shape index (κ2) is 2.58. The Kier molecular flexibility index (Phi) is 1.55. The molecule has 0 bridgehead atoms. The van der Waals surface area contributed by atoms with Crippen LogP contribution < -0.4 is 5.73 Å². The molecule has 0 spiro atoms. The molecule has 0 saturated carbocycles. The largest absolute Gasteiger partial charge is 0.364 e. The van der Waals surface area contributed by atoms with Crippen molar-refractivity contribution in [1.29, 1.82) is 0 Å². The summed E-state index contributed by atoms with van der Waals surface area (Å²) in [4.78, 5) is 14.9. The molecule has 0 saturated heterocycles. The minimum absolute atomic E-state index is 0.300. The number of pyridine rings is 1. The lowest BCUT2D eigenvalue weighted by atomic mass is 10.3. The number of nitrogens with two attached hydrogens (primary N) is 1. The van der Waals surface area contributed by atoms with Crippen molar-refractivity contribution in [2.75, 3.05) is 0 Å². The highest BCUT2D eigenvalue weighted by Crippen LogP contribution is 2.08. The Hall–Kier alpha value is -1.84. The van der Waals surface area contributed by atoms with E-state index in [1.54, 1.807) is 10.6 Å². The topological polar surface area (TPSA) is 60.4 Å². The van der Waals surface area contributed by atoms with Gasteiger partial charge in [-0.05, 0) is 18.6 Å². The Morgan fingerprint density at radius 3 is 3.00 bits per heavy atom. The molecular formula is C9H9N3O. The summed E-state index contributed by atoms with van der Waals surface area (Å²) in [6.07, 6.45) is 3.46. The minimum Gasteiger partial charge on any atom is -0.364 e. The van der Waals surface area contributed by atoms with Gasteiger partial charge in [0.2, 0.25) is 0 Å². The van der Waals surface area contributed by atoms with Gasteiger partial charge >= 0.3 is 0 Å². The molecule has 2 aromatic heterocycles. The molecule has 0 aliphatic heterocycles. The molecule has 0 aliphatic carbocycles. The van der Waals surface area contributed by atoms with Crippen LogP contribution in [-0.2, 0) is 0 Å². The lowest BCUT2D eigenvalue weighted by Gasteiger charge is -1.93. The number of imidazole rings is 1. The van der Waals surface area contributed by atoms with Gasteiger partial charge in [0.1, 0.15) is 11.3 Å². The van der Waals surface area contributed by atoms with Gasteiger partial charge in [0.25, 0.3) is 5.91 Å². The molecule has 2 rings (SSSR count). The minimum atomic E-state index is -0.497. The van der Waals surface area contributed by atoms with E-state index < -0.39 is 5.91 Å². The first-order chi connectivity index (χ1) is 6.18. The summed E-state index contributed by atoms with van der Waals surface area (Å²) >= 11 is 0.